The first kappa shape index (κ1) is 73.1. The third-order valence-electron chi connectivity index (χ3n) is 14.7. The minimum absolute atomic E-state index is 0.0792. The van der Waals surface area contributed by atoms with Gasteiger partial charge in [-0.15, -0.1) is 0 Å². The van der Waals surface area contributed by atoms with Crippen LogP contribution in [0.25, 0.3) is 0 Å². The minimum atomic E-state index is -0.784. The van der Waals surface area contributed by atoms with Crippen LogP contribution in [-0.4, -0.2) is 37.2 Å². The van der Waals surface area contributed by atoms with Crippen LogP contribution in [0.5, 0.6) is 0 Å². The Labute approximate surface area is 472 Å². The lowest BCUT2D eigenvalue weighted by molar-refractivity contribution is -0.167. The zero-order chi connectivity index (χ0) is 55.0. The summed E-state index contributed by atoms with van der Waals surface area (Å²) in [4.78, 5) is 38.3. The van der Waals surface area contributed by atoms with E-state index in [1.165, 1.54) is 212 Å². The monoisotopic (exact) mass is 1060 g/mol. The lowest BCUT2D eigenvalue weighted by Gasteiger charge is -2.18. The molecule has 1 unspecified atom stereocenters. The minimum Gasteiger partial charge on any atom is -0.462 e. The Morgan fingerprint density at radius 1 is 0.263 bits per heavy atom. The third kappa shape index (κ3) is 62.0. The molecule has 0 N–H and O–H groups in total. The second-order valence-electron chi connectivity index (χ2n) is 22.4. The molecule has 0 rings (SSSR count). The van der Waals surface area contributed by atoms with Crippen molar-refractivity contribution in [2.45, 2.75) is 354 Å². The number of esters is 3. The maximum atomic E-state index is 12.9. The Kier molecular flexibility index (Phi) is 62.2. The maximum Gasteiger partial charge on any atom is 0.306 e. The first-order chi connectivity index (χ1) is 37.5. The summed E-state index contributed by atoms with van der Waals surface area (Å²) in [5.41, 5.74) is 0. The van der Waals surface area contributed by atoms with Gasteiger partial charge in [-0.05, 0) is 103 Å². The van der Waals surface area contributed by atoms with E-state index < -0.39 is 6.10 Å². The average Bonchev–Trinajstić information content (AvgIpc) is 3.42. The SMILES string of the molecule is CCCC/C=C\C/C=C\CCCCCCCC(=O)OCC(COC(=O)CCCCCCCCCCCCCCCCCCC/C=C\C/C=C\CCCCCCC)OC(=O)CCCCCCC/C=C\CCCCCCCC. The molecule has 6 nitrogen and oxygen atoms in total. The lowest BCUT2D eigenvalue weighted by Crippen LogP contribution is -2.30. The van der Waals surface area contributed by atoms with Gasteiger partial charge in [0.2, 0.25) is 0 Å². The van der Waals surface area contributed by atoms with Crippen molar-refractivity contribution in [1.29, 1.82) is 0 Å². The van der Waals surface area contributed by atoms with Crippen LogP contribution in [0.4, 0.5) is 0 Å². The second-order valence-corrected chi connectivity index (χ2v) is 22.4. The van der Waals surface area contributed by atoms with Gasteiger partial charge >= 0.3 is 17.9 Å². The van der Waals surface area contributed by atoms with Crippen LogP contribution in [0.1, 0.15) is 348 Å². The average molecular weight is 1060 g/mol. The molecule has 0 fully saturated rings. The number of carbonyl (C=O) groups is 3. The van der Waals surface area contributed by atoms with Crippen molar-refractivity contribution in [2.24, 2.45) is 0 Å². The second kappa shape index (κ2) is 64.6. The van der Waals surface area contributed by atoms with Crippen molar-refractivity contribution < 1.29 is 28.6 Å². The van der Waals surface area contributed by atoms with Crippen molar-refractivity contribution in [3.05, 3.63) is 60.8 Å². The molecule has 76 heavy (non-hydrogen) atoms. The topological polar surface area (TPSA) is 78.9 Å². The van der Waals surface area contributed by atoms with E-state index in [4.69, 9.17) is 14.2 Å². The Balaban J connectivity index is 4.20. The number of carbonyl (C=O) groups excluding carboxylic acids is 3. The Bertz CT molecular complexity index is 1360. The van der Waals surface area contributed by atoms with Gasteiger partial charge in [-0.25, -0.2) is 0 Å². The fourth-order valence-corrected chi connectivity index (χ4v) is 9.66. The summed E-state index contributed by atoms with van der Waals surface area (Å²) in [5.74, 6) is -0.885. The quantitative estimate of drug-likeness (QED) is 0.0261. The molecule has 0 bridgehead atoms. The summed E-state index contributed by atoms with van der Waals surface area (Å²) >= 11 is 0. The van der Waals surface area contributed by atoms with E-state index in [1.807, 2.05) is 0 Å². The van der Waals surface area contributed by atoms with Gasteiger partial charge in [-0.1, -0.05) is 287 Å². The number of hydrogen-bond donors (Lipinski definition) is 0. The molecule has 6 heteroatoms. The summed E-state index contributed by atoms with van der Waals surface area (Å²) < 4.78 is 16.9. The van der Waals surface area contributed by atoms with Crippen molar-refractivity contribution >= 4 is 17.9 Å². The molecule has 0 aliphatic heterocycles. The van der Waals surface area contributed by atoms with Gasteiger partial charge in [-0.2, -0.15) is 0 Å². The van der Waals surface area contributed by atoms with Gasteiger partial charge in [0, 0.05) is 19.3 Å². The molecule has 0 saturated carbocycles. The van der Waals surface area contributed by atoms with Gasteiger partial charge in [0.05, 0.1) is 0 Å². The van der Waals surface area contributed by atoms with Crippen molar-refractivity contribution in [1.82, 2.24) is 0 Å². The molecule has 0 radical (unpaired) electrons. The lowest BCUT2D eigenvalue weighted by atomic mass is 10.0. The van der Waals surface area contributed by atoms with Gasteiger partial charge in [0.1, 0.15) is 13.2 Å². The van der Waals surface area contributed by atoms with E-state index in [1.54, 1.807) is 0 Å². The fraction of sp³-hybridized carbons (Fsp3) is 0.814. The number of unbranched alkanes of at least 4 members (excludes halogenated alkanes) is 40. The third-order valence-corrected chi connectivity index (χ3v) is 14.7. The summed E-state index contributed by atoms with van der Waals surface area (Å²) in [6.07, 6.45) is 82.4. The molecular formula is C70H126O6. The van der Waals surface area contributed by atoms with Gasteiger partial charge in [0.15, 0.2) is 6.10 Å². The summed E-state index contributed by atoms with van der Waals surface area (Å²) in [5, 5.41) is 0. The maximum absolute atomic E-state index is 12.9. The first-order valence-corrected chi connectivity index (χ1v) is 33.3. The van der Waals surface area contributed by atoms with E-state index in [9.17, 15) is 14.4 Å². The van der Waals surface area contributed by atoms with Crippen LogP contribution in [0, 0.1) is 0 Å². The predicted molar refractivity (Wildman–Crippen MR) is 330 cm³/mol. The van der Waals surface area contributed by atoms with Crippen LogP contribution >= 0.6 is 0 Å². The Hall–Kier alpha value is -2.89. The smallest absolute Gasteiger partial charge is 0.306 e. The van der Waals surface area contributed by atoms with E-state index in [0.29, 0.717) is 19.3 Å². The molecule has 0 heterocycles. The normalized spacial score (nSPS) is 12.4. The standard InChI is InChI=1S/C70H126O6/c1-4-7-10-13-16-19-22-25-28-29-30-31-32-33-34-35-36-37-38-39-40-41-43-45-48-51-54-57-60-63-69(72)75-66-67(65-74-68(71)62-59-56-53-50-47-44-27-24-21-18-15-12-9-6-3)76-70(73)64-61-58-55-52-49-46-42-26-23-20-17-14-11-8-5-2/h15,18,22,24-27,29-30,42,67H,4-14,16-17,19-21,23,28,31-41,43-66H2,1-3H3/b18-15-,25-22-,27-24-,30-29-,42-26-. The molecule has 0 aromatic carbocycles. The van der Waals surface area contributed by atoms with Gasteiger partial charge in [-0.3, -0.25) is 14.4 Å². The van der Waals surface area contributed by atoms with E-state index in [0.717, 1.165) is 96.3 Å². The molecule has 0 saturated heterocycles. The molecule has 0 spiro atoms. The number of rotatable bonds is 61. The van der Waals surface area contributed by atoms with E-state index >= 15 is 0 Å². The highest BCUT2D eigenvalue weighted by Crippen LogP contribution is 2.17. The first-order valence-electron chi connectivity index (χ1n) is 33.3. The van der Waals surface area contributed by atoms with E-state index in [-0.39, 0.29) is 31.1 Å². The Morgan fingerprint density at radius 3 is 0.776 bits per heavy atom. The molecule has 1 atom stereocenters. The molecule has 0 aliphatic carbocycles. The molecule has 0 aliphatic rings. The predicted octanol–water partition coefficient (Wildman–Crippen LogP) is 22.7. The molecule has 0 aromatic rings. The largest absolute Gasteiger partial charge is 0.462 e. The molecule has 0 aromatic heterocycles. The van der Waals surface area contributed by atoms with Crippen LogP contribution in [0.2, 0.25) is 0 Å². The van der Waals surface area contributed by atoms with Gasteiger partial charge in [0.25, 0.3) is 0 Å². The van der Waals surface area contributed by atoms with Gasteiger partial charge < -0.3 is 14.2 Å². The zero-order valence-corrected chi connectivity index (χ0v) is 50.8. The van der Waals surface area contributed by atoms with Crippen LogP contribution in [0.3, 0.4) is 0 Å². The highest BCUT2D eigenvalue weighted by molar-refractivity contribution is 5.71. The summed E-state index contributed by atoms with van der Waals surface area (Å²) in [6, 6.07) is 0. The number of allylic oxidation sites excluding steroid dienone is 10. The van der Waals surface area contributed by atoms with E-state index in [2.05, 4.69) is 81.5 Å². The Morgan fingerprint density at radius 2 is 0.487 bits per heavy atom. The fourth-order valence-electron chi connectivity index (χ4n) is 9.66. The number of ether oxygens (including phenoxy) is 3. The summed E-state index contributed by atoms with van der Waals surface area (Å²) in [7, 11) is 0. The zero-order valence-electron chi connectivity index (χ0n) is 50.8. The van der Waals surface area contributed by atoms with Crippen LogP contribution in [0.15, 0.2) is 60.8 Å². The summed E-state index contributed by atoms with van der Waals surface area (Å²) in [6.45, 7) is 6.61. The molecule has 442 valence electrons. The van der Waals surface area contributed by atoms with Crippen molar-refractivity contribution in [2.75, 3.05) is 13.2 Å². The van der Waals surface area contributed by atoms with Crippen LogP contribution < -0.4 is 0 Å². The van der Waals surface area contributed by atoms with Crippen molar-refractivity contribution in [3.8, 4) is 0 Å². The number of hydrogen-bond acceptors (Lipinski definition) is 6. The highest BCUT2D eigenvalue weighted by Gasteiger charge is 2.19. The highest BCUT2D eigenvalue weighted by atomic mass is 16.6. The molecular weight excluding hydrogens is 937 g/mol. The van der Waals surface area contributed by atoms with Crippen LogP contribution in [-0.2, 0) is 28.6 Å². The molecule has 0 amide bonds. The van der Waals surface area contributed by atoms with Crippen molar-refractivity contribution in [3.63, 3.8) is 0 Å².